The molecule has 1 fully saturated rings. The Morgan fingerprint density at radius 1 is 1.35 bits per heavy atom. The van der Waals surface area contributed by atoms with E-state index in [-0.39, 0.29) is 17.3 Å². The topological polar surface area (TPSA) is 42.4 Å². The van der Waals surface area contributed by atoms with Gasteiger partial charge in [0.2, 0.25) is 5.60 Å². The predicted molar refractivity (Wildman–Crippen MR) is 77.4 cm³/mol. The summed E-state index contributed by atoms with van der Waals surface area (Å²) in [6.45, 7) is -0.365. The molecule has 1 aliphatic carbocycles. The summed E-state index contributed by atoms with van der Waals surface area (Å²) in [4.78, 5) is 3.93. The smallest absolute Gasteiger partial charge is 0.390 e. The Morgan fingerprint density at radius 2 is 2.00 bits per heavy atom. The lowest BCUT2D eigenvalue weighted by Gasteiger charge is -2.40. The van der Waals surface area contributed by atoms with Crippen LogP contribution in [-0.4, -0.2) is 16.3 Å². The molecular formula is C12H15F3INO2S. The minimum Gasteiger partial charge on any atom is -0.390 e. The van der Waals surface area contributed by atoms with Gasteiger partial charge in [-0.05, 0) is 12.8 Å². The van der Waals surface area contributed by atoms with E-state index in [0.29, 0.717) is 12.8 Å². The van der Waals surface area contributed by atoms with Crippen LogP contribution in [0.25, 0.3) is 0 Å². The molecule has 0 aromatic carbocycles. The second-order valence-corrected chi connectivity index (χ2v) is 6.25. The van der Waals surface area contributed by atoms with Crippen molar-refractivity contribution in [3.05, 3.63) is 16.1 Å². The Hall–Kier alpha value is 0.0700. The molecule has 0 bridgehead atoms. The highest BCUT2D eigenvalue weighted by Crippen LogP contribution is 2.53. The summed E-state index contributed by atoms with van der Waals surface area (Å²) < 4.78 is 46.2. The summed E-state index contributed by atoms with van der Waals surface area (Å²) in [7, 11) is 0. The number of aromatic nitrogens is 1. The van der Waals surface area contributed by atoms with Gasteiger partial charge in [-0.2, -0.15) is 13.2 Å². The highest BCUT2D eigenvalue weighted by Gasteiger charge is 2.63. The first-order chi connectivity index (χ1) is 9.45. The molecule has 0 radical (unpaired) electrons. The number of rotatable bonds is 4. The minimum atomic E-state index is -4.53. The second-order valence-electron chi connectivity index (χ2n) is 4.95. The third kappa shape index (κ3) is 2.84. The van der Waals surface area contributed by atoms with E-state index in [1.54, 1.807) is 0 Å². The van der Waals surface area contributed by atoms with E-state index >= 15 is 0 Å². The normalized spacial score (nSPS) is 20.9. The average Bonchev–Trinajstić information content (AvgIpc) is 2.89. The second kappa shape index (κ2) is 6.45. The number of aliphatic hydroxyl groups excluding tert-OH is 1. The van der Waals surface area contributed by atoms with Gasteiger partial charge < -0.3 is 5.11 Å². The number of hydrogen-bond acceptors (Lipinski definition) is 4. The van der Waals surface area contributed by atoms with Gasteiger partial charge in [-0.15, -0.1) is 11.3 Å². The van der Waals surface area contributed by atoms with Crippen LogP contribution >= 0.6 is 34.3 Å². The van der Waals surface area contributed by atoms with Crippen molar-refractivity contribution in [1.82, 2.24) is 4.98 Å². The van der Waals surface area contributed by atoms with Gasteiger partial charge in [0.15, 0.2) is 0 Å². The Labute approximate surface area is 133 Å². The van der Waals surface area contributed by atoms with Gasteiger partial charge in [-0.25, -0.2) is 4.98 Å². The van der Waals surface area contributed by atoms with Crippen molar-refractivity contribution in [2.75, 3.05) is 0 Å². The summed E-state index contributed by atoms with van der Waals surface area (Å²) >= 11 is 2.24. The summed E-state index contributed by atoms with van der Waals surface area (Å²) in [6.07, 6.45) is -1.04. The van der Waals surface area contributed by atoms with Crippen LogP contribution in [-0.2, 0) is 15.3 Å². The molecule has 1 saturated carbocycles. The molecule has 1 atom stereocenters. The number of thiazole rings is 1. The maximum atomic E-state index is 13.7. The standard InChI is InChI=1S/C12H15F3INO2S/c13-12(14,15)11(19-16,8-4-2-1-3-5-8)10-17-9(6-18)7-20-10/h7-8,18H,1-6H2. The minimum absolute atomic E-state index is 0.102. The lowest BCUT2D eigenvalue weighted by Crippen LogP contribution is -2.49. The van der Waals surface area contributed by atoms with Crippen LogP contribution in [0.2, 0.25) is 0 Å². The zero-order chi connectivity index (χ0) is 14.8. The SMILES string of the molecule is OCc1csc(C(OI)(C2CCCCC2)C(F)(F)F)n1. The number of alkyl halides is 3. The van der Waals surface area contributed by atoms with Gasteiger partial charge in [-0.3, -0.25) is 3.07 Å². The summed E-state index contributed by atoms with van der Waals surface area (Å²) in [5, 5.41) is 10.4. The van der Waals surface area contributed by atoms with E-state index in [1.807, 2.05) is 0 Å². The van der Waals surface area contributed by atoms with Gasteiger partial charge in [0.1, 0.15) is 28.0 Å². The van der Waals surface area contributed by atoms with E-state index in [9.17, 15) is 13.2 Å². The summed E-state index contributed by atoms with van der Waals surface area (Å²) in [5.74, 6) is -0.620. The molecule has 1 aliphatic rings. The molecular weight excluding hydrogens is 406 g/mol. The van der Waals surface area contributed by atoms with Crippen molar-refractivity contribution in [2.45, 2.75) is 50.5 Å². The zero-order valence-corrected chi connectivity index (χ0v) is 13.6. The van der Waals surface area contributed by atoms with Gasteiger partial charge >= 0.3 is 6.18 Å². The molecule has 1 aromatic rings. The fourth-order valence-electron chi connectivity index (χ4n) is 2.73. The predicted octanol–water partition coefficient (Wildman–Crippen LogP) is 4.34. The van der Waals surface area contributed by atoms with Crippen molar-refractivity contribution >= 4 is 34.3 Å². The van der Waals surface area contributed by atoms with Crippen LogP contribution in [0.15, 0.2) is 5.38 Å². The van der Waals surface area contributed by atoms with E-state index in [2.05, 4.69) is 4.98 Å². The molecule has 3 nitrogen and oxygen atoms in total. The molecule has 1 N–H and O–H groups in total. The first-order valence-electron chi connectivity index (χ1n) is 6.38. The highest BCUT2D eigenvalue weighted by atomic mass is 127. The van der Waals surface area contributed by atoms with Crippen molar-refractivity contribution in [3.63, 3.8) is 0 Å². The lowest BCUT2D eigenvalue weighted by atomic mass is 9.76. The van der Waals surface area contributed by atoms with Crippen molar-refractivity contribution in [2.24, 2.45) is 5.92 Å². The van der Waals surface area contributed by atoms with Crippen molar-refractivity contribution in [3.8, 4) is 0 Å². The molecule has 0 aliphatic heterocycles. The number of aliphatic hydroxyl groups is 1. The molecule has 8 heteroatoms. The van der Waals surface area contributed by atoms with E-state index in [4.69, 9.17) is 8.17 Å². The maximum absolute atomic E-state index is 13.7. The Balaban J connectivity index is 2.46. The third-order valence-corrected chi connectivity index (χ3v) is 5.46. The summed E-state index contributed by atoms with van der Waals surface area (Å²) in [6, 6.07) is 0. The summed E-state index contributed by atoms with van der Waals surface area (Å²) in [5.41, 5.74) is -2.10. The van der Waals surface area contributed by atoms with E-state index in [0.717, 1.165) is 30.6 Å². The molecule has 1 heterocycles. The van der Waals surface area contributed by atoms with E-state index in [1.165, 1.54) is 28.4 Å². The lowest BCUT2D eigenvalue weighted by molar-refractivity contribution is -0.267. The van der Waals surface area contributed by atoms with Gasteiger partial charge in [0.25, 0.3) is 0 Å². The third-order valence-electron chi connectivity index (χ3n) is 3.75. The van der Waals surface area contributed by atoms with Crippen LogP contribution in [0, 0.1) is 5.92 Å². The Morgan fingerprint density at radius 3 is 2.45 bits per heavy atom. The number of nitrogens with zero attached hydrogens (tertiary/aromatic N) is 1. The van der Waals surface area contributed by atoms with Gasteiger partial charge in [-0.1, -0.05) is 19.3 Å². The van der Waals surface area contributed by atoms with Crippen LogP contribution in [0.3, 0.4) is 0 Å². The molecule has 0 saturated heterocycles. The molecule has 20 heavy (non-hydrogen) atoms. The van der Waals surface area contributed by atoms with Gasteiger partial charge in [0.05, 0.1) is 12.3 Å². The Kier molecular flexibility index (Phi) is 5.30. The molecule has 1 unspecified atom stereocenters. The molecule has 0 spiro atoms. The molecule has 114 valence electrons. The quantitative estimate of drug-likeness (QED) is 0.736. The molecule has 2 rings (SSSR count). The fourth-order valence-corrected chi connectivity index (χ4v) is 4.74. The monoisotopic (exact) mass is 421 g/mol. The molecule has 1 aromatic heterocycles. The maximum Gasteiger partial charge on any atom is 0.425 e. The van der Waals surface area contributed by atoms with E-state index < -0.39 is 17.7 Å². The van der Waals surface area contributed by atoms with Crippen LogP contribution in [0.5, 0.6) is 0 Å². The van der Waals surface area contributed by atoms with Crippen LogP contribution in [0.1, 0.15) is 42.8 Å². The Bertz CT molecular complexity index is 448. The molecule has 0 amide bonds. The van der Waals surface area contributed by atoms with Crippen molar-refractivity contribution < 1.29 is 21.3 Å². The first-order valence-corrected chi connectivity index (χ1v) is 8.14. The largest absolute Gasteiger partial charge is 0.425 e. The fraction of sp³-hybridized carbons (Fsp3) is 0.750. The average molecular weight is 421 g/mol. The van der Waals surface area contributed by atoms with Crippen LogP contribution < -0.4 is 0 Å². The van der Waals surface area contributed by atoms with Crippen molar-refractivity contribution in [1.29, 1.82) is 0 Å². The van der Waals surface area contributed by atoms with Gasteiger partial charge in [0, 0.05) is 11.3 Å². The number of halogens is 4. The first kappa shape index (κ1) is 16.4. The van der Waals surface area contributed by atoms with Crippen LogP contribution in [0.4, 0.5) is 13.2 Å². The number of hydrogen-bond donors (Lipinski definition) is 1. The highest BCUT2D eigenvalue weighted by molar-refractivity contribution is 14.1. The zero-order valence-electron chi connectivity index (χ0n) is 10.6.